The van der Waals surface area contributed by atoms with Gasteiger partial charge in [-0.05, 0) is 30.7 Å². The van der Waals surface area contributed by atoms with E-state index < -0.39 is 6.04 Å². The number of hydrogen-bond donors (Lipinski definition) is 2. The molecule has 132 valence electrons. The summed E-state index contributed by atoms with van der Waals surface area (Å²) in [5.74, 6) is 0.670. The van der Waals surface area contributed by atoms with Crippen LogP contribution in [-0.2, 0) is 15.0 Å². The Kier molecular flexibility index (Phi) is 4.24. The lowest BCUT2D eigenvalue weighted by Crippen LogP contribution is -2.41. The monoisotopic (exact) mass is 342 g/mol. The molecular weight excluding hydrogens is 320 g/mol. The van der Waals surface area contributed by atoms with Crippen molar-refractivity contribution < 1.29 is 14.1 Å². The van der Waals surface area contributed by atoms with Gasteiger partial charge in [-0.15, -0.1) is 0 Å². The molecule has 1 aromatic heterocycles. The maximum atomic E-state index is 12.7. The number of rotatable bonds is 3. The molecule has 7 heteroatoms. The molecule has 1 saturated heterocycles. The molecule has 7 nitrogen and oxygen atoms in total. The highest BCUT2D eigenvalue weighted by Gasteiger charge is 2.37. The second-order valence-corrected chi connectivity index (χ2v) is 7.23. The molecule has 1 atom stereocenters. The highest BCUT2D eigenvalue weighted by Crippen LogP contribution is 2.29. The van der Waals surface area contributed by atoms with Gasteiger partial charge < -0.3 is 15.6 Å². The van der Waals surface area contributed by atoms with Crippen molar-refractivity contribution in [3.8, 4) is 0 Å². The first-order chi connectivity index (χ1) is 11.8. The third-order valence-corrected chi connectivity index (χ3v) is 4.19. The number of carbonyl (C=O) groups is 2. The predicted molar refractivity (Wildman–Crippen MR) is 95.2 cm³/mol. The molecule has 1 aromatic carbocycles. The fourth-order valence-electron chi connectivity index (χ4n) is 2.79. The molecule has 1 aliphatic heterocycles. The number of nitrogens with two attached hydrogens (primary N) is 1. The Morgan fingerprint density at radius 1 is 1.32 bits per heavy atom. The van der Waals surface area contributed by atoms with E-state index in [4.69, 9.17) is 10.3 Å². The quantitative estimate of drug-likeness (QED) is 0.835. The summed E-state index contributed by atoms with van der Waals surface area (Å²) in [5.41, 5.74) is 6.76. The molecule has 0 aliphatic carbocycles. The lowest BCUT2D eigenvalue weighted by molar-refractivity contribution is -0.120. The van der Waals surface area contributed by atoms with Crippen molar-refractivity contribution in [1.29, 1.82) is 0 Å². The topological polar surface area (TPSA) is 101 Å². The Morgan fingerprint density at radius 2 is 2.00 bits per heavy atom. The predicted octanol–water partition coefficient (Wildman–Crippen LogP) is 2.69. The Morgan fingerprint density at radius 3 is 2.60 bits per heavy atom. The van der Waals surface area contributed by atoms with Crippen molar-refractivity contribution in [2.75, 3.05) is 16.0 Å². The molecule has 25 heavy (non-hydrogen) atoms. The molecule has 2 amide bonds. The van der Waals surface area contributed by atoms with E-state index >= 15 is 0 Å². The first-order valence-electron chi connectivity index (χ1n) is 8.21. The summed E-state index contributed by atoms with van der Waals surface area (Å²) in [6.45, 7) is 5.99. The Labute approximate surface area is 146 Å². The van der Waals surface area contributed by atoms with Crippen LogP contribution in [0.3, 0.4) is 0 Å². The maximum absolute atomic E-state index is 12.7. The van der Waals surface area contributed by atoms with E-state index in [1.54, 1.807) is 30.3 Å². The molecule has 1 aliphatic rings. The largest absolute Gasteiger partial charge is 0.399 e. The average molecular weight is 342 g/mol. The van der Waals surface area contributed by atoms with E-state index in [1.165, 1.54) is 4.90 Å². The summed E-state index contributed by atoms with van der Waals surface area (Å²) in [7, 11) is 0. The van der Waals surface area contributed by atoms with Gasteiger partial charge in [0.25, 0.3) is 0 Å². The molecule has 2 heterocycles. The minimum Gasteiger partial charge on any atom is -0.399 e. The van der Waals surface area contributed by atoms with Crippen molar-refractivity contribution >= 4 is 29.0 Å². The summed E-state index contributed by atoms with van der Waals surface area (Å²) in [5, 5.41) is 6.64. The molecule has 3 rings (SSSR count). The smallest absolute Gasteiger partial charge is 0.248 e. The highest BCUT2D eigenvalue weighted by molar-refractivity contribution is 6.07. The fraction of sp³-hybridized carbons (Fsp3) is 0.389. The zero-order chi connectivity index (χ0) is 18.2. The summed E-state index contributed by atoms with van der Waals surface area (Å²) in [6.07, 6.45) is 0.785. The summed E-state index contributed by atoms with van der Waals surface area (Å²) < 4.78 is 5.28. The Hall–Kier alpha value is -2.83. The van der Waals surface area contributed by atoms with Crippen molar-refractivity contribution in [2.45, 2.75) is 45.1 Å². The Bertz CT molecular complexity index is 789. The maximum Gasteiger partial charge on any atom is 0.248 e. The summed E-state index contributed by atoms with van der Waals surface area (Å²) in [6, 6.07) is 8.04. The van der Waals surface area contributed by atoms with Gasteiger partial charge in [-0.1, -0.05) is 25.9 Å². The van der Waals surface area contributed by atoms with Gasteiger partial charge in [-0.3, -0.25) is 14.5 Å². The van der Waals surface area contributed by atoms with Crippen molar-refractivity contribution in [3.05, 3.63) is 36.1 Å². The molecular formula is C18H22N4O3. The number of aromatic nitrogens is 1. The van der Waals surface area contributed by atoms with E-state index in [0.717, 1.165) is 0 Å². The standard InChI is InChI=1S/C18H22N4O3/c1-18(2,3)14-10-15(21-25-14)20-17(24)13-8-9-16(23)22(13)12-6-4-11(19)5-7-12/h4-7,10,13H,8-9,19H2,1-3H3,(H,20,21,24)/t13-/m0/s1. The van der Waals surface area contributed by atoms with Crippen LogP contribution in [0.15, 0.2) is 34.9 Å². The van der Waals surface area contributed by atoms with Crippen LogP contribution < -0.4 is 16.0 Å². The third kappa shape index (κ3) is 3.50. The first kappa shape index (κ1) is 17.0. The lowest BCUT2D eigenvalue weighted by atomic mass is 9.93. The molecule has 0 unspecified atom stereocenters. The van der Waals surface area contributed by atoms with Crippen molar-refractivity contribution in [2.24, 2.45) is 0 Å². The normalized spacial score (nSPS) is 17.8. The third-order valence-electron chi connectivity index (χ3n) is 4.19. The lowest BCUT2D eigenvalue weighted by Gasteiger charge is -2.23. The second-order valence-electron chi connectivity index (χ2n) is 7.23. The van der Waals surface area contributed by atoms with E-state index in [0.29, 0.717) is 35.8 Å². The molecule has 3 N–H and O–H groups in total. The van der Waals surface area contributed by atoms with Gasteiger partial charge in [0.15, 0.2) is 5.82 Å². The molecule has 2 aromatic rings. The van der Waals surface area contributed by atoms with Crippen LogP contribution in [-0.4, -0.2) is 23.0 Å². The highest BCUT2D eigenvalue weighted by atomic mass is 16.5. The van der Waals surface area contributed by atoms with Crippen molar-refractivity contribution in [3.63, 3.8) is 0 Å². The van der Waals surface area contributed by atoms with Gasteiger partial charge >= 0.3 is 0 Å². The molecule has 0 bridgehead atoms. The van der Waals surface area contributed by atoms with E-state index in [2.05, 4.69) is 10.5 Å². The number of hydrogen-bond acceptors (Lipinski definition) is 5. The SMILES string of the molecule is CC(C)(C)c1cc(NC(=O)[C@@H]2CCC(=O)N2c2ccc(N)cc2)no1. The molecule has 0 radical (unpaired) electrons. The average Bonchev–Trinajstić information content (AvgIpc) is 3.15. The van der Waals surface area contributed by atoms with Crippen LogP contribution in [0.2, 0.25) is 0 Å². The number of carbonyl (C=O) groups excluding carboxylic acids is 2. The first-order valence-corrected chi connectivity index (χ1v) is 8.21. The number of benzene rings is 1. The molecule has 1 fully saturated rings. The van der Waals surface area contributed by atoms with Crippen LogP contribution in [0.5, 0.6) is 0 Å². The Balaban J connectivity index is 1.77. The number of amides is 2. The summed E-state index contributed by atoms with van der Waals surface area (Å²) >= 11 is 0. The van der Waals surface area contributed by atoms with Gasteiger partial charge in [0, 0.05) is 29.3 Å². The van der Waals surface area contributed by atoms with Crippen LogP contribution in [0.4, 0.5) is 17.2 Å². The van der Waals surface area contributed by atoms with E-state index in [9.17, 15) is 9.59 Å². The van der Waals surface area contributed by atoms with Gasteiger partial charge in [-0.25, -0.2) is 0 Å². The minimum atomic E-state index is -0.578. The fourth-order valence-corrected chi connectivity index (χ4v) is 2.79. The number of anilines is 3. The van der Waals surface area contributed by atoms with Gasteiger partial charge in [0.1, 0.15) is 11.8 Å². The van der Waals surface area contributed by atoms with Crippen LogP contribution >= 0.6 is 0 Å². The van der Waals surface area contributed by atoms with Gasteiger partial charge in [0.05, 0.1) is 0 Å². The van der Waals surface area contributed by atoms with Gasteiger partial charge in [0.2, 0.25) is 11.8 Å². The summed E-state index contributed by atoms with van der Waals surface area (Å²) in [4.78, 5) is 26.4. The van der Waals surface area contributed by atoms with Crippen LogP contribution in [0, 0.1) is 0 Å². The number of nitrogens with zero attached hydrogens (tertiary/aromatic N) is 2. The minimum absolute atomic E-state index is 0.0829. The van der Waals surface area contributed by atoms with Crippen LogP contribution in [0.1, 0.15) is 39.4 Å². The number of nitrogen functional groups attached to an aromatic ring is 1. The van der Waals surface area contributed by atoms with Crippen molar-refractivity contribution in [1.82, 2.24) is 5.16 Å². The zero-order valence-electron chi connectivity index (χ0n) is 14.6. The van der Waals surface area contributed by atoms with Crippen LogP contribution in [0.25, 0.3) is 0 Å². The molecule has 0 spiro atoms. The number of nitrogens with one attached hydrogen (secondary N) is 1. The van der Waals surface area contributed by atoms with E-state index in [-0.39, 0.29) is 17.2 Å². The molecule has 0 saturated carbocycles. The van der Waals surface area contributed by atoms with Gasteiger partial charge in [-0.2, -0.15) is 0 Å². The second kappa shape index (κ2) is 6.23. The zero-order valence-corrected chi connectivity index (χ0v) is 14.6. The van der Waals surface area contributed by atoms with E-state index in [1.807, 2.05) is 20.8 Å².